The molecule has 6 nitrogen and oxygen atoms in total. The van der Waals surface area contributed by atoms with Crippen LogP contribution in [0.15, 0.2) is 41.0 Å². The van der Waals surface area contributed by atoms with Gasteiger partial charge in [-0.15, -0.1) is 0 Å². The Morgan fingerprint density at radius 3 is 2.75 bits per heavy atom. The van der Waals surface area contributed by atoms with E-state index in [1.165, 1.54) is 31.1 Å². The van der Waals surface area contributed by atoms with Crippen LogP contribution in [-0.4, -0.2) is 48.6 Å². The fourth-order valence-electron chi connectivity index (χ4n) is 4.70. The average Bonchev–Trinajstić information content (AvgIpc) is 3.20. The van der Waals surface area contributed by atoms with Gasteiger partial charge in [-0.25, -0.2) is 4.79 Å². The molecular weight excluding hydrogens is 354 g/mol. The van der Waals surface area contributed by atoms with Gasteiger partial charge in [-0.1, -0.05) is 30.3 Å². The lowest BCUT2D eigenvalue weighted by atomic mass is 9.73. The summed E-state index contributed by atoms with van der Waals surface area (Å²) < 4.78 is 10.7. The van der Waals surface area contributed by atoms with Gasteiger partial charge in [0, 0.05) is 31.6 Å². The van der Waals surface area contributed by atoms with Crippen LogP contribution in [0.25, 0.3) is 0 Å². The van der Waals surface area contributed by atoms with Crippen LogP contribution in [0.4, 0.5) is 6.01 Å². The first-order valence-electron chi connectivity index (χ1n) is 10.3. The summed E-state index contributed by atoms with van der Waals surface area (Å²) in [5.74, 6) is -0.420. The zero-order valence-corrected chi connectivity index (χ0v) is 16.6. The molecule has 2 aromatic rings. The molecule has 1 spiro atoms. The molecule has 28 heavy (non-hydrogen) atoms. The first kappa shape index (κ1) is 19.0. The Balaban J connectivity index is 1.43. The van der Waals surface area contributed by atoms with Crippen molar-refractivity contribution in [2.45, 2.75) is 39.2 Å². The maximum absolute atomic E-state index is 11.9. The summed E-state index contributed by atoms with van der Waals surface area (Å²) in [6.07, 6.45) is 6.23. The summed E-state index contributed by atoms with van der Waals surface area (Å²) >= 11 is 0. The monoisotopic (exact) mass is 383 g/mol. The van der Waals surface area contributed by atoms with Crippen LogP contribution in [0, 0.1) is 5.41 Å². The van der Waals surface area contributed by atoms with Gasteiger partial charge in [0.25, 0.3) is 6.01 Å². The smallest absolute Gasteiger partial charge is 0.360 e. The molecule has 2 aliphatic heterocycles. The van der Waals surface area contributed by atoms with Crippen molar-refractivity contribution in [2.24, 2.45) is 5.41 Å². The van der Waals surface area contributed by atoms with Gasteiger partial charge in [-0.3, -0.25) is 4.90 Å². The Morgan fingerprint density at radius 2 is 1.96 bits per heavy atom. The molecule has 0 saturated carbocycles. The number of carbonyl (C=O) groups excluding carboxylic acids is 1. The number of esters is 1. The first-order chi connectivity index (χ1) is 13.7. The number of nitrogens with zero attached hydrogens (tertiary/aromatic N) is 3. The van der Waals surface area contributed by atoms with Crippen molar-refractivity contribution >= 4 is 12.0 Å². The second-order valence-corrected chi connectivity index (χ2v) is 8.06. The van der Waals surface area contributed by atoms with Gasteiger partial charge in [-0.05, 0) is 44.7 Å². The van der Waals surface area contributed by atoms with Crippen molar-refractivity contribution in [3.8, 4) is 0 Å². The van der Waals surface area contributed by atoms with E-state index in [0.717, 1.165) is 39.1 Å². The van der Waals surface area contributed by atoms with E-state index in [1.807, 2.05) is 0 Å². The molecule has 0 aliphatic carbocycles. The van der Waals surface area contributed by atoms with Crippen LogP contribution < -0.4 is 4.90 Å². The van der Waals surface area contributed by atoms with Crippen LogP contribution in [0.1, 0.15) is 48.7 Å². The summed E-state index contributed by atoms with van der Waals surface area (Å²) in [5.41, 5.74) is 1.90. The highest BCUT2D eigenvalue weighted by atomic mass is 16.5. The van der Waals surface area contributed by atoms with Crippen LogP contribution in [0.2, 0.25) is 0 Å². The Bertz CT molecular complexity index is 787. The van der Waals surface area contributed by atoms with Gasteiger partial charge in [0.1, 0.15) is 6.26 Å². The van der Waals surface area contributed by atoms with Crippen molar-refractivity contribution in [2.75, 3.05) is 37.7 Å². The van der Waals surface area contributed by atoms with Crippen LogP contribution in [0.5, 0.6) is 0 Å². The average molecular weight is 383 g/mol. The third-order valence-electron chi connectivity index (χ3n) is 5.90. The highest BCUT2D eigenvalue weighted by molar-refractivity contribution is 5.87. The third kappa shape index (κ3) is 4.22. The van der Waals surface area contributed by atoms with Gasteiger partial charge in [0.15, 0.2) is 5.69 Å². The van der Waals surface area contributed by atoms with Crippen LogP contribution in [-0.2, 0) is 11.3 Å². The zero-order valence-electron chi connectivity index (χ0n) is 16.6. The number of hydrogen-bond acceptors (Lipinski definition) is 6. The number of ether oxygens (including phenoxy) is 1. The van der Waals surface area contributed by atoms with E-state index in [1.54, 1.807) is 6.92 Å². The summed E-state index contributed by atoms with van der Waals surface area (Å²) in [5, 5.41) is 0. The second kappa shape index (κ2) is 8.35. The van der Waals surface area contributed by atoms with Gasteiger partial charge < -0.3 is 14.1 Å². The van der Waals surface area contributed by atoms with Gasteiger partial charge in [-0.2, -0.15) is 4.98 Å². The van der Waals surface area contributed by atoms with E-state index in [9.17, 15) is 4.79 Å². The molecule has 6 heteroatoms. The Morgan fingerprint density at radius 1 is 1.18 bits per heavy atom. The number of aromatic nitrogens is 1. The molecule has 150 valence electrons. The van der Waals surface area contributed by atoms with Gasteiger partial charge >= 0.3 is 5.97 Å². The molecule has 2 aliphatic rings. The molecule has 0 amide bonds. The maximum atomic E-state index is 11.9. The van der Waals surface area contributed by atoms with E-state index < -0.39 is 5.97 Å². The van der Waals surface area contributed by atoms with Crippen LogP contribution in [0.3, 0.4) is 0 Å². The minimum Gasteiger partial charge on any atom is -0.461 e. The van der Waals surface area contributed by atoms with Gasteiger partial charge in [0.2, 0.25) is 0 Å². The summed E-state index contributed by atoms with van der Waals surface area (Å²) in [7, 11) is 0. The molecule has 0 N–H and O–H groups in total. The van der Waals surface area contributed by atoms with Crippen LogP contribution >= 0.6 is 0 Å². The molecule has 1 unspecified atom stereocenters. The number of anilines is 1. The fraction of sp³-hybridized carbons (Fsp3) is 0.545. The summed E-state index contributed by atoms with van der Waals surface area (Å²) in [6.45, 7) is 7.24. The van der Waals surface area contributed by atoms with E-state index in [-0.39, 0.29) is 11.1 Å². The SMILES string of the molecule is CCOC(=O)c1coc(N2CCCC3(CCCN(Cc4ccccc4)C3)C2)n1. The summed E-state index contributed by atoms with van der Waals surface area (Å²) in [6, 6.07) is 11.3. The minimum atomic E-state index is -0.420. The molecule has 4 rings (SSSR count). The number of carbonyl (C=O) groups is 1. The summed E-state index contributed by atoms with van der Waals surface area (Å²) in [4.78, 5) is 21.1. The molecule has 2 fully saturated rings. The number of likely N-dealkylation sites (tertiary alicyclic amines) is 1. The number of hydrogen-bond donors (Lipinski definition) is 0. The van der Waals surface area contributed by atoms with E-state index in [2.05, 4.69) is 45.1 Å². The lowest BCUT2D eigenvalue weighted by Gasteiger charge is -2.48. The minimum absolute atomic E-state index is 0.255. The predicted molar refractivity (Wildman–Crippen MR) is 107 cm³/mol. The highest BCUT2D eigenvalue weighted by Gasteiger charge is 2.40. The largest absolute Gasteiger partial charge is 0.461 e. The quantitative estimate of drug-likeness (QED) is 0.733. The third-order valence-corrected chi connectivity index (χ3v) is 5.90. The molecule has 1 aromatic carbocycles. The molecule has 2 saturated heterocycles. The van der Waals surface area contributed by atoms with Crippen molar-refractivity contribution in [1.82, 2.24) is 9.88 Å². The van der Waals surface area contributed by atoms with Crippen molar-refractivity contribution < 1.29 is 13.9 Å². The Kier molecular flexibility index (Phi) is 5.67. The number of oxazole rings is 1. The molecule has 0 radical (unpaired) electrons. The fourth-order valence-corrected chi connectivity index (χ4v) is 4.70. The normalized spacial score (nSPS) is 23.1. The number of benzene rings is 1. The molecule has 1 atom stereocenters. The highest BCUT2D eigenvalue weighted by Crippen LogP contribution is 2.40. The van der Waals surface area contributed by atoms with Crippen molar-refractivity contribution in [1.29, 1.82) is 0 Å². The molecular formula is C22H29N3O3. The number of rotatable bonds is 5. The molecule has 1 aromatic heterocycles. The second-order valence-electron chi connectivity index (χ2n) is 8.06. The molecule has 3 heterocycles. The lowest BCUT2D eigenvalue weighted by molar-refractivity contribution is 0.0519. The zero-order chi connectivity index (χ0) is 19.4. The Labute approximate surface area is 166 Å². The van der Waals surface area contributed by atoms with E-state index in [0.29, 0.717) is 12.6 Å². The first-order valence-corrected chi connectivity index (χ1v) is 10.3. The number of piperidine rings is 2. The standard InChI is InChI=1S/C22H29N3O3/c1-2-27-20(26)19-15-28-21(23-19)25-13-7-11-22(17-25)10-6-12-24(16-22)14-18-8-4-3-5-9-18/h3-5,8-9,15H,2,6-7,10-14,16-17H2,1H3. The van der Waals surface area contributed by atoms with Crippen molar-refractivity contribution in [3.05, 3.63) is 47.9 Å². The Hall–Kier alpha value is -2.34. The maximum Gasteiger partial charge on any atom is 0.360 e. The predicted octanol–water partition coefficient (Wildman–Crippen LogP) is 3.73. The lowest BCUT2D eigenvalue weighted by Crippen LogP contribution is -2.52. The van der Waals surface area contributed by atoms with Crippen molar-refractivity contribution in [3.63, 3.8) is 0 Å². The van der Waals surface area contributed by atoms with Gasteiger partial charge in [0.05, 0.1) is 6.61 Å². The van der Waals surface area contributed by atoms with E-state index in [4.69, 9.17) is 9.15 Å². The van der Waals surface area contributed by atoms with E-state index >= 15 is 0 Å². The topological polar surface area (TPSA) is 58.8 Å². The molecule has 0 bridgehead atoms.